The number of benzene rings is 7. The molecule has 0 amide bonds. The van der Waals surface area contributed by atoms with E-state index in [4.69, 9.17) is 4.98 Å². The zero-order valence-corrected chi connectivity index (χ0v) is 27.9. The lowest BCUT2D eigenvalue weighted by Gasteiger charge is -2.26. The van der Waals surface area contributed by atoms with Gasteiger partial charge in [0.15, 0.2) is 0 Å². The standard InChI is InChI=1S/C43H24N2S3/c1-3-13-36-30(9-1)32-21-19-28(23-38(32)46-36)45(29-20-22-33-31-10-2-4-14-37(31)47-39(33)24-29)27-17-15-26(16-18-27)43-44-41-34-11-5-7-25-8-6-12-35(40(25)34)42(41)48-43/h1-24H. The Bertz CT molecular complexity index is 2740. The van der Waals surface area contributed by atoms with Gasteiger partial charge in [-0.1, -0.05) is 84.9 Å². The molecular weight excluding hydrogens is 641 g/mol. The SMILES string of the molecule is c1cc2c3c(cccc3c1)-c1sc(-c3ccc(N(c4ccc5c(c4)sc4ccccc45)c4ccc5c(c4)sc4ccccc45)cc3)nc1-2. The minimum atomic E-state index is 1.06. The molecule has 5 heteroatoms. The first-order chi connectivity index (χ1) is 23.8. The average molecular weight is 665 g/mol. The van der Waals surface area contributed by atoms with Gasteiger partial charge >= 0.3 is 0 Å². The Morgan fingerprint density at radius 1 is 0.438 bits per heavy atom. The Kier molecular flexibility index (Phi) is 5.61. The molecule has 1 aliphatic carbocycles. The number of rotatable bonds is 4. The summed E-state index contributed by atoms with van der Waals surface area (Å²) in [6.45, 7) is 0. The molecule has 1 aliphatic rings. The van der Waals surface area contributed by atoms with Gasteiger partial charge in [0.2, 0.25) is 0 Å². The van der Waals surface area contributed by atoms with Crippen LogP contribution in [0.2, 0.25) is 0 Å². The largest absolute Gasteiger partial charge is 0.310 e. The first-order valence-electron chi connectivity index (χ1n) is 16.0. The molecule has 11 rings (SSSR count). The lowest BCUT2D eigenvalue weighted by molar-refractivity contribution is 1.30. The highest BCUT2D eigenvalue weighted by atomic mass is 32.1. The summed E-state index contributed by atoms with van der Waals surface area (Å²) >= 11 is 5.52. The van der Waals surface area contributed by atoms with Crippen molar-refractivity contribution < 1.29 is 0 Å². The number of fused-ring (bicyclic) bond motifs is 9. The number of hydrogen-bond acceptors (Lipinski definition) is 5. The summed E-state index contributed by atoms with van der Waals surface area (Å²) in [7, 11) is 0. The molecule has 2 nitrogen and oxygen atoms in total. The summed E-state index contributed by atoms with van der Waals surface area (Å²) in [6.07, 6.45) is 0. The highest BCUT2D eigenvalue weighted by molar-refractivity contribution is 7.26. The maximum atomic E-state index is 5.21. The third-order valence-electron chi connectivity index (χ3n) is 9.65. The first kappa shape index (κ1) is 26.7. The van der Waals surface area contributed by atoms with E-state index in [9.17, 15) is 0 Å². The lowest BCUT2D eigenvalue weighted by atomic mass is 10.0. The van der Waals surface area contributed by atoms with Crippen molar-refractivity contribution in [1.29, 1.82) is 0 Å². The van der Waals surface area contributed by atoms with Crippen molar-refractivity contribution in [2.45, 2.75) is 0 Å². The Morgan fingerprint density at radius 3 is 1.65 bits per heavy atom. The van der Waals surface area contributed by atoms with Crippen LogP contribution in [0.5, 0.6) is 0 Å². The second-order valence-corrected chi connectivity index (χ2v) is 15.5. The summed E-state index contributed by atoms with van der Waals surface area (Å²) in [6, 6.07) is 53.4. The molecule has 0 fully saturated rings. The maximum absolute atomic E-state index is 5.21. The van der Waals surface area contributed by atoms with Crippen LogP contribution >= 0.6 is 34.0 Å². The molecule has 0 saturated carbocycles. The molecule has 3 aromatic heterocycles. The van der Waals surface area contributed by atoms with Crippen LogP contribution in [-0.4, -0.2) is 4.98 Å². The van der Waals surface area contributed by atoms with Crippen molar-refractivity contribution in [2.75, 3.05) is 4.90 Å². The molecule has 7 aromatic carbocycles. The minimum absolute atomic E-state index is 1.06. The normalized spacial score (nSPS) is 12.2. The summed E-state index contributed by atoms with van der Waals surface area (Å²) in [5.74, 6) is 0. The molecule has 0 radical (unpaired) electrons. The summed E-state index contributed by atoms with van der Waals surface area (Å²) in [5, 5.41) is 8.93. The van der Waals surface area contributed by atoms with Crippen molar-refractivity contribution in [1.82, 2.24) is 4.98 Å². The smallest absolute Gasteiger partial charge is 0.124 e. The van der Waals surface area contributed by atoms with Gasteiger partial charge in [-0.2, -0.15) is 0 Å². The number of anilines is 3. The summed E-state index contributed by atoms with van der Waals surface area (Å²) in [5.41, 5.74) is 8.23. The molecule has 224 valence electrons. The second-order valence-electron chi connectivity index (χ2n) is 12.3. The maximum Gasteiger partial charge on any atom is 0.124 e. The summed E-state index contributed by atoms with van der Waals surface area (Å²) in [4.78, 5) is 8.88. The molecule has 0 bridgehead atoms. The Balaban J connectivity index is 1.04. The van der Waals surface area contributed by atoms with Crippen molar-refractivity contribution >= 4 is 102 Å². The van der Waals surface area contributed by atoms with E-state index in [0.717, 1.165) is 33.3 Å². The average Bonchev–Trinajstić information content (AvgIpc) is 3.90. The Hall–Kier alpha value is -5.33. The van der Waals surface area contributed by atoms with E-state index in [1.165, 1.54) is 67.1 Å². The van der Waals surface area contributed by atoms with Crippen LogP contribution in [0.1, 0.15) is 0 Å². The van der Waals surface area contributed by atoms with Crippen LogP contribution in [-0.2, 0) is 0 Å². The first-order valence-corrected chi connectivity index (χ1v) is 18.5. The van der Waals surface area contributed by atoms with Crippen LogP contribution in [0.15, 0.2) is 146 Å². The van der Waals surface area contributed by atoms with Gasteiger partial charge in [0.05, 0.1) is 10.6 Å². The molecule has 0 N–H and O–H groups in total. The fourth-order valence-corrected chi connectivity index (χ4v) is 10.8. The van der Waals surface area contributed by atoms with Crippen molar-refractivity contribution in [3.8, 4) is 32.3 Å². The highest BCUT2D eigenvalue weighted by Gasteiger charge is 2.26. The molecule has 0 unspecified atom stereocenters. The topological polar surface area (TPSA) is 16.1 Å². The van der Waals surface area contributed by atoms with E-state index in [1.807, 2.05) is 22.7 Å². The number of thiophene rings is 2. The monoisotopic (exact) mass is 664 g/mol. The quantitative estimate of drug-likeness (QED) is 0.186. The summed E-state index contributed by atoms with van der Waals surface area (Å²) < 4.78 is 5.24. The zero-order chi connectivity index (χ0) is 31.3. The van der Waals surface area contributed by atoms with E-state index in [-0.39, 0.29) is 0 Å². The molecule has 48 heavy (non-hydrogen) atoms. The highest BCUT2D eigenvalue weighted by Crippen LogP contribution is 2.51. The number of hydrogen-bond donors (Lipinski definition) is 0. The third-order valence-corrected chi connectivity index (χ3v) is 13.1. The third kappa shape index (κ3) is 3.87. The van der Waals surface area contributed by atoms with Crippen LogP contribution in [0.3, 0.4) is 0 Å². The molecule has 0 saturated heterocycles. The minimum Gasteiger partial charge on any atom is -0.310 e. The second kappa shape index (κ2) is 10.1. The molecule has 0 aliphatic heterocycles. The molecule has 3 heterocycles. The predicted molar refractivity (Wildman–Crippen MR) is 210 cm³/mol. The van der Waals surface area contributed by atoms with Crippen molar-refractivity contribution in [2.24, 2.45) is 0 Å². The van der Waals surface area contributed by atoms with Crippen LogP contribution < -0.4 is 4.90 Å². The van der Waals surface area contributed by atoms with Gasteiger partial charge in [0.25, 0.3) is 0 Å². The van der Waals surface area contributed by atoms with Gasteiger partial charge in [0, 0.05) is 74.1 Å². The van der Waals surface area contributed by atoms with Crippen LogP contribution in [0.4, 0.5) is 17.1 Å². The van der Waals surface area contributed by atoms with Gasteiger partial charge in [-0.15, -0.1) is 34.0 Å². The molecular formula is C43H24N2S3. The van der Waals surface area contributed by atoms with Gasteiger partial charge in [-0.3, -0.25) is 0 Å². The van der Waals surface area contributed by atoms with E-state index >= 15 is 0 Å². The predicted octanol–water partition coefficient (Wildman–Crippen LogP) is 13.8. The Labute approximate surface area is 288 Å². The molecule has 10 aromatic rings. The van der Waals surface area contributed by atoms with Crippen molar-refractivity contribution in [3.05, 3.63) is 146 Å². The van der Waals surface area contributed by atoms with Crippen molar-refractivity contribution in [3.63, 3.8) is 0 Å². The van der Waals surface area contributed by atoms with Crippen LogP contribution in [0, 0.1) is 0 Å². The van der Waals surface area contributed by atoms with E-state index in [2.05, 4.69) is 150 Å². The van der Waals surface area contributed by atoms with E-state index in [1.54, 1.807) is 11.3 Å². The van der Waals surface area contributed by atoms with Gasteiger partial charge < -0.3 is 4.90 Å². The van der Waals surface area contributed by atoms with Gasteiger partial charge in [-0.25, -0.2) is 4.98 Å². The fourth-order valence-electron chi connectivity index (χ4n) is 7.44. The van der Waals surface area contributed by atoms with Crippen LogP contribution in [0.25, 0.3) is 83.4 Å². The number of thiazole rings is 1. The number of nitrogens with zero attached hydrogens (tertiary/aromatic N) is 2. The molecule has 0 atom stereocenters. The van der Waals surface area contributed by atoms with Gasteiger partial charge in [-0.05, 0) is 71.4 Å². The molecule has 0 spiro atoms. The zero-order valence-electron chi connectivity index (χ0n) is 25.5. The van der Waals surface area contributed by atoms with E-state index in [0.29, 0.717) is 0 Å². The Morgan fingerprint density at radius 2 is 1.00 bits per heavy atom. The van der Waals surface area contributed by atoms with E-state index < -0.39 is 0 Å². The lowest BCUT2D eigenvalue weighted by Crippen LogP contribution is -2.09. The van der Waals surface area contributed by atoms with Gasteiger partial charge in [0.1, 0.15) is 5.01 Å². The number of aromatic nitrogens is 1. The fraction of sp³-hybridized carbons (Fsp3) is 0.